The number of fused-ring (bicyclic) bond motifs is 1. The van der Waals surface area contributed by atoms with E-state index < -0.39 is 16.1 Å². The highest BCUT2D eigenvalue weighted by Crippen LogP contribution is 2.49. The van der Waals surface area contributed by atoms with Gasteiger partial charge in [-0.25, -0.2) is 13.2 Å². The van der Waals surface area contributed by atoms with Crippen molar-refractivity contribution in [3.05, 3.63) is 29.8 Å². The molecule has 2 saturated carbocycles. The molecule has 2 aliphatic heterocycles. The number of hydrogen-bond acceptors (Lipinski definition) is 7. The first kappa shape index (κ1) is 25.9. The molecule has 2 N–H and O–H groups in total. The van der Waals surface area contributed by atoms with Crippen molar-refractivity contribution in [1.82, 2.24) is 14.9 Å². The van der Waals surface area contributed by atoms with E-state index in [1.807, 2.05) is 33.0 Å². The molecule has 5 atom stereocenters. The predicted octanol–water partition coefficient (Wildman–Crippen LogP) is 2.67. The molecule has 5 rings (SSSR count). The number of nitrogens with zero attached hydrogens (tertiary/aromatic N) is 1. The monoisotopic (exact) mass is 521 g/mol. The van der Waals surface area contributed by atoms with Gasteiger partial charge in [0.1, 0.15) is 6.10 Å². The van der Waals surface area contributed by atoms with E-state index in [2.05, 4.69) is 10.6 Å². The maximum Gasteiger partial charge on any atom is 0.407 e. The van der Waals surface area contributed by atoms with E-state index in [-0.39, 0.29) is 35.7 Å². The number of ether oxygens (including phenoxy) is 3. The van der Waals surface area contributed by atoms with Crippen LogP contribution in [-0.2, 0) is 29.8 Å². The van der Waals surface area contributed by atoms with Gasteiger partial charge in [-0.1, -0.05) is 26.0 Å². The van der Waals surface area contributed by atoms with Crippen molar-refractivity contribution in [3.8, 4) is 0 Å². The summed E-state index contributed by atoms with van der Waals surface area (Å²) >= 11 is 0. The number of hydrogen-bond donors (Lipinski definition) is 2. The van der Waals surface area contributed by atoms with Crippen LogP contribution in [0.4, 0.5) is 4.79 Å². The van der Waals surface area contributed by atoms with Crippen LogP contribution in [0.5, 0.6) is 0 Å². The summed E-state index contributed by atoms with van der Waals surface area (Å²) in [6.45, 7) is 6.23. The van der Waals surface area contributed by atoms with Crippen molar-refractivity contribution in [2.24, 2.45) is 23.7 Å². The first-order chi connectivity index (χ1) is 17.2. The fraction of sp³-hybridized carbons (Fsp3) is 0.731. The molecule has 1 amide bonds. The molecule has 0 spiro atoms. The summed E-state index contributed by atoms with van der Waals surface area (Å²) in [5.41, 5.74) is 1.12. The molecule has 2 bridgehead atoms. The number of carbonyl (C=O) groups excluding carboxylic acids is 1. The highest BCUT2D eigenvalue weighted by atomic mass is 32.2. The molecule has 4 aliphatic rings. The Bertz CT molecular complexity index is 1040. The minimum absolute atomic E-state index is 0.00309. The smallest absolute Gasteiger partial charge is 0.407 e. The predicted molar refractivity (Wildman–Crippen MR) is 134 cm³/mol. The highest BCUT2D eigenvalue weighted by Gasteiger charge is 2.56. The van der Waals surface area contributed by atoms with Crippen LogP contribution in [0.2, 0.25) is 0 Å². The molecule has 2 saturated heterocycles. The van der Waals surface area contributed by atoms with Crippen LogP contribution >= 0.6 is 0 Å². The minimum Gasteiger partial charge on any atom is -0.445 e. The van der Waals surface area contributed by atoms with Gasteiger partial charge in [0, 0.05) is 42.9 Å². The highest BCUT2D eigenvalue weighted by molar-refractivity contribution is 7.89. The molecule has 4 fully saturated rings. The Morgan fingerprint density at radius 2 is 1.89 bits per heavy atom. The van der Waals surface area contributed by atoms with Crippen LogP contribution < -0.4 is 10.6 Å². The third-order valence-corrected chi connectivity index (χ3v) is 10.1. The van der Waals surface area contributed by atoms with E-state index in [4.69, 9.17) is 14.2 Å². The molecule has 5 unspecified atom stereocenters. The van der Waals surface area contributed by atoms with E-state index in [1.54, 1.807) is 12.1 Å². The molecule has 10 heteroatoms. The van der Waals surface area contributed by atoms with Crippen molar-refractivity contribution >= 4 is 16.1 Å². The van der Waals surface area contributed by atoms with E-state index >= 15 is 0 Å². The average molecular weight is 522 g/mol. The molecule has 0 aromatic heterocycles. The zero-order valence-corrected chi connectivity index (χ0v) is 22.3. The number of benzene rings is 1. The van der Waals surface area contributed by atoms with Gasteiger partial charge in [0.2, 0.25) is 10.0 Å². The van der Waals surface area contributed by atoms with Crippen molar-refractivity contribution in [3.63, 3.8) is 0 Å². The number of alkyl carbamates (subject to hydrolysis) is 1. The molecular weight excluding hydrogens is 482 g/mol. The summed E-state index contributed by atoms with van der Waals surface area (Å²) in [4.78, 5) is 12.8. The zero-order chi connectivity index (χ0) is 25.5. The van der Waals surface area contributed by atoms with Gasteiger partial charge in [-0.05, 0) is 56.3 Å². The van der Waals surface area contributed by atoms with E-state index in [0.717, 1.165) is 24.8 Å². The normalized spacial score (nSPS) is 30.1. The van der Waals surface area contributed by atoms with Crippen LogP contribution in [0, 0.1) is 23.7 Å². The average Bonchev–Trinajstić information content (AvgIpc) is 3.47. The topological polar surface area (TPSA) is 106 Å². The molecule has 9 nitrogen and oxygen atoms in total. The molecule has 1 aromatic carbocycles. The molecule has 0 radical (unpaired) electrons. The summed E-state index contributed by atoms with van der Waals surface area (Å²) < 4.78 is 45.5. The third kappa shape index (κ3) is 5.03. The fourth-order valence-corrected chi connectivity index (χ4v) is 7.72. The SMILES string of the molecule is CNC1(c2ccc(S(=O)(=O)N(CCCNC(=O)OC3C4COC5OCC3C5C4)CC(C)C)cc2)CC1. The number of sulfonamides is 1. The Labute approximate surface area is 214 Å². The van der Waals surface area contributed by atoms with E-state index in [0.29, 0.717) is 50.1 Å². The van der Waals surface area contributed by atoms with Crippen molar-refractivity contribution in [2.75, 3.05) is 39.9 Å². The summed E-state index contributed by atoms with van der Waals surface area (Å²) in [7, 11) is -1.70. The maximum atomic E-state index is 13.4. The lowest BCUT2D eigenvalue weighted by Gasteiger charge is -2.27. The summed E-state index contributed by atoms with van der Waals surface area (Å²) in [5, 5.41) is 6.16. The lowest BCUT2D eigenvalue weighted by molar-refractivity contribution is -0.169. The minimum atomic E-state index is -3.64. The van der Waals surface area contributed by atoms with Crippen LogP contribution in [0.1, 0.15) is 45.1 Å². The molecule has 200 valence electrons. The van der Waals surface area contributed by atoms with Gasteiger partial charge in [-0.2, -0.15) is 4.31 Å². The number of amides is 1. The Balaban J connectivity index is 1.14. The van der Waals surface area contributed by atoms with Crippen molar-refractivity contribution < 1.29 is 27.4 Å². The molecule has 1 aromatic rings. The van der Waals surface area contributed by atoms with Gasteiger partial charge >= 0.3 is 6.09 Å². The Morgan fingerprint density at radius 1 is 1.17 bits per heavy atom. The molecular formula is C26H39N3O6S. The molecule has 2 aliphatic carbocycles. The van der Waals surface area contributed by atoms with Crippen molar-refractivity contribution in [1.29, 1.82) is 0 Å². The maximum absolute atomic E-state index is 13.4. The van der Waals surface area contributed by atoms with E-state index in [1.165, 1.54) is 4.31 Å². The van der Waals surface area contributed by atoms with Gasteiger partial charge in [-0.3, -0.25) is 0 Å². The second-order valence-corrected chi connectivity index (χ2v) is 13.1. The second-order valence-electron chi connectivity index (χ2n) is 11.1. The lowest BCUT2D eigenvalue weighted by Crippen LogP contribution is -2.39. The van der Waals surface area contributed by atoms with Crippen LogP contribution in [0.15, 0.2) is 29.2 Å². The van der Waals surface area contributed by atoms with Gasteiger partial charge in [0.05, 0.1) is 18.1 Å². The quantitative estimate of drug-likeness (QED) is 0.431. The number of carbonyl (C=O) groups is 1. The lowest BCUT2D eigenvalue weighted by atomic mass is 9.98. The molecule has 36 heavy (non-hydrogen) atoms. The Hall–Kier alpha value is -1.72. The number of rotatable bonds is 11. The Kier molecular flexibility index (Phi) is 7.35. The summed E-state index contributed by atoms with van der Waals surface area (Å²) in [5.74, 6) is 0.928. The number of nitrogens with one attached hydrogen (secondary N) is 2. The largest absolute Gasteiger partial charge is 0.445 e. The van der Waals surface area contributed by atoms with Gasteiger partial charge in [0.15, 0.2) is 6.29 Å². The van der Waals surface area contributed by atoms with E-state index in [9.17, 15) is 13.2 Å². The van der Waals surface area contributed by atoms with Crippen molar-refractivity contribution in [2.45, 2.75) is 62.4 Å². The van der Waals surface area contributed by atoms with Crippen LogP contribution in [0.25, 0.3) is 0 Å². The molecule has 2 heterocycles. The first-order valence-corrected chi connectivity index (χ1v) is 14.6. The van der Waals surface area contributed by atoms with Gasteiger partial charge in [0.25, 0.3) is 0 Å². The summed E-state index contributed by atoms with van der Waals surface area (Å²) in [6.07, 6.45) is 2.82. The summed E-state index contributed by atoms with van der Waals surface area (Å²) in [6, 6.07) is 7.26. The van der Waals surface area contributed by atoms with Crippen LogP contribution in [-0.4, -0.2) is 71.1 Å². The first-order valence-electron chi connectivity index (χ1n) is 13.2. The zero-order valence-electron chi connectivity index (χ0n) is 21.4. The Morgan fingerprint density at radius 3 is 2.56 bits per heavy atom. The third-order valence-electron chi connectivity index (χ3n) is 8.23. The fourth-order valence-electron chi connectivity index (χ4n) is 6.08. The second kappa shape index (κ2) is 10.2. The standard InChI is InChI=1S/C26H39N3O6S/c1-17(2)14-29(36(31,32)20-7-5-19(6-8-20)26(27-3)9-10-26)12-4-11-28-25(30)35-23-18-13-21-22(23)16-34-24(21)33-15-18/h5-8,17-18,21-24,27H,4,9-16H2,1-3H3,(H,28,30). The van der Waals surface area contributed by atoms with Crippen LogP contribution in [0.3, 0.4) is 0 Å². The van der Waals surface area contributed by atoms with Gasteiger partial charge < -0.3 is 24.8 Å². The van der Waals surface area contributed by atoms with Gasteiger partial charge in [-0.15, -0.1) is 0 Å².